The van der Waals surface area contributed by atoms with Gasteiger partial charge in [0.25, 0.3) is 11.8 Å². The van der Waals surface area contributed by atoms with Gasteiger partial charge in [-0.1, -0.05) is 15.9 Å². The van der Waals surface area contributed by atoms with Gasteiger partial charge in [0.1, 0.15) is 17.5 Å². The Bertz CT molecular complexity index is 837. The van der Waals surface area contributed by atoms with Crippen LogP contribution >= 0.6 is 15.9 Å². The first-order chi connectivity index (χ1) is 12.9. The lowest BCUT2D eigenvalue weighted by molar-refractivity contribution is -0.122. The Hall–Kier alpha value is -2.87. The molecule has 0 aliphatic heterocycles. The summed E-state index contributed by atoms with van der Waals surface area (Å²) < 4.78 is 11.1. The molecule has 0 bridgehead atoms. The van der Waals surface area contributed by atoms with Gasteiger partial charge >= 0.3 is 0 Å². The predicted molar refractivity (Wildman–Crippen MR) is 106 cm³/mol. The van der Waals surface area contributed by atoms with Crippen LogP contribution in [0.5, 0.6) is 11.5 Å². The topological polar surface area (TPSA) is 89.0 Å². The molecule has 0 spiro atoms. The second-order valence-corrected chi connectivity index (χ2v) is 6.46. The molecule has 1 unspecified atom stereocenters. The highest BCUT2D eigenvalue weighted by atomic mass is 79.9. The molecule has 142 valence electrons. The van der Waals surface area contributed by atoms with Crippen molar-refractivity contribution < 1.29 is 19.1 Å². The minimum Gasteiger partial charge on any atom is -0.497 e. The predicted octanol–water partition coefficient (Wildman–Crippen LogP) is 2.73. The number of hydrazone groups is 1. The third-order valence-electron chi connectivity index (χ3n) is 3.66. The highest BCUT2D eigenvalue weighted by Crippen LogP contribution is 2.21. The van der Waals surface area contributed by atoms with Crippen LogP contribution in [0.15, 0.2) is 52.0 Å². The van der Waals surface area contributed by atoms with Crippen LogP contribution in [0, 0.1) is 0 Å². The first kappa shape index (κ1) is 20.4. The highest BCUT2D eigenvalue weighted by Gasteiger charge is 2.16. The Kier molecular flexibility index (Phi) is 7.36. The maximum atomic E-state index is 12.2. The number of benzene rings is 2. The molecule has 0 aliphatic rings. The second kappa shape index (κ2) is 9.72. The quantitative estimate of drug-likeness (QED) is 0.518. The third kappa shape index (κ3) is 5.82. The Morgan fingerprint density at radius 3 is 2.44 bits per heavy atom. The van der Waals surface area contributed by atoms with E-state index in [4.69, 9.17) is 9.47 Å². The molecule has 0 radical (unpaired) electrons. The van der Waals surface area contributed by atoms with E-state index >= 15 is 0 Å². The molecule has 0 aromatic heterocycles. The molecule has 0 heterocycles. The summed E-state index contributed by atoms with van der Waals surface area (Å²) in [5.41, 5.74) is 3.53. The maximum absolute atomic E-state index is 12.2. The van der Waals surface area contributed by atoms with Gasteiger partial charge in [0, 0.05) is 15.6 Å². The van der Waals surface area contributed by atoms with Crippen molar-refractivity contribution in [3.63, 3.8) is 0 Å². The molecular weight excluding hydrogens is 414 g/mol. The van der Waals surface area contributed by atoms with Crippen LogP contribution in [-0.4, -0.2) is 38.3 Å². The summed E-state index contributed by atoms with van der Waals surface area (Å²) in [4.78, 5) is 24.3. The molecule has 8 heteroatoms. The summed E-state index contributed by atoms with van der Waals surface area (Å²) in [5, 5.41) is 6.54. The summed E-state index contributed by atoms with van der Waals surface area (Å²) in [6.45, 7) is 1.58. The van der Waals surface area contributed by atoms with Crippen LogP contribution < -0.4 is 20.2 Å². The minimum absolute atomic E-state index is 0.363. The number of nitrogens with zero attached hydrogens (tertiary/aromatic N) is 1. The first-order valence-electron chi connectivity index (χ1n) is 8.06. The van der Waals surface area contributed by atoms with Crippen molar-refractivity contribution in [2.45, 2.75) is 13.0 Å². The Morgan fingerprint density at radius 1 is 1.11 bits per heavy atom. The fourth-order valence-corrected chi connectivity index (χ4v) is 2.54. The van der Waals surface area contributed by atoms with Gasteiger partial charge in [-0.25, -0.2) is 5.43 Å². The highest BCUT2D eigenvalue weighted by molar-refractivity contribution is 9.10. The van der Waals surface area contributed by atoms with E-state index in [2.05, 4.69) is 31.8 Å². The summed E-state index contributed by atoms with van der Waals surface area (Å²) in [6.07, 6.45) is 1.47. The van der Waals surface area contributed by atoms with Crippen molar-refractivity contribution in [2.24, 2.45) is 5.10 Å². The van der Waals surface area contributed by atoms with Gasteiger partial charge in [-0.05, 0) is 49.4 Å². The molecule has 1 atom stereocenters. The van der Waals surface area contributed by atoms with Crippen LogP contribution in [0.4, 0.5) is 0 Å². The SMILES string of the molecule is COc1ccc(C(=O)NC(C)C(=O)NN=Cc2cc(Br)ccc2OC)cc1. The largest absolute Gasteiger partial charge is 0.497 e. The molecule has 2 aromatic carbocycles. The lowest BCUT2D eigenvalue weighted by Crippen LogP contribution is -2.43. The molecule has 0 saturated carbocycles. The Morgan fingerprint density at radius 2 is 1.81 bits per heavy atom. The lowest BCUT2D eigenvalue weighted by Gasteiger charge is -2.12. The zero-order valence-corrected chi connectivity index (χ0v) is 16.7. The van der Waals surface area contributed by atoms with E-state index in [9.17, 15) is 9.59 Å². The number of nitrogens with one attached hydrogen (secondary N) is 2. The maximum Gasteiger partial charge on any atom is 0.262 e. The van der Waals surface area contributed by atoms with Crippen molar-refractivity contribution in [2.75, 3.05) is 14.2 Å². The summed E-state index contributed by atoms with van der Waals surface area (Å²) in [6, 6.07) is 11.3. The van der Waals surface area contributed by atoms with E-state index in [1.54, 1.807) is 51.5 Å². The number of carbonyl (C=O) groups is 2. The van der Waals surface area contributed by atoms with Gasteiger partial charge < -0.3 is 14.8 Å². The first-order valence-corrected chi connectivity index (χ1v) is 8.85. The van der Waals surface area contributed by atoms with Crippen molar-refractivity contribution in [1.82, 2.24) is 10.7 Å². The normalized spacial score (nSPS) is 11.7. The molecule has 7 nitrogen and oxygen atoms in total. The van der Waals surface area contributed by atoms with Gasteiger partial charge in [0.05, 0.1) is 20.4 Å². The van der Waals surface area contributed by atoms with E-state index in [0.29, 0.717) is 22.6 Å². The van der Waals surface area contributed by atoms with Crippen LogP contribution in [0.2, 0.25) is 0 Å². The number of ether oxygens (including phenoxy) is 2. The molecule has 27 heavy (non-hydrogen) atoms. The van der Waals surface area contributed by atoms with Crippen LogP contribution in [0.1, 0.15) is 22.8 Å². The van der Waals surface area contributed by atoms with E-state index in [0.717, 1.165) is 4.47 Å². The third-order valence-corrected chi connectivity index (χ3v) is 4.16. The monoisotopic (exact) mass is 433 g/mol. The van der Waals surface area contributed by atoms with Gasteiger partial charge in [0.2, 0.25) is 0 Å². The van der Waals surface area contributed by atoms with Gasteiger partial charge in [0.15, 0.2) is 0 Å². The van der Waals surface area contributed by atoms with E-state index in [1.165, 1.54) is 6.21 Å². The number of rotatable bonds is 7. The number of amides is 2. The number of hydrogen-bond donors (Lipinski definition) is 2. The van der Waals surface area contributed by atoms with E-state index in [1.807, 2.05) is 12.1 Å². The lowest BCUT2D eigenvalue weighted by atomic mass is 10.2. The molecule has 2 amide bonds. The van der Waals surface area contributed by atoms with Gasteiger partial charge in [-0.2, -0.15) is 5.10 Å². The van der Waals surface area contributed by atoms with Crippen molar-refractivity contribution in [3.05, 3.63) is 58.1 Å². The fourth-order valence-electron chi connectivity index (χ4n) is 2.16. The van der Waals surface area contributed by atoms with E-state index < -0.39 is 11.9 Å². The minimum atomic E-state index is -0.763. The molecule has 2 aromatic rings. The van der Waals surface area contributed by atoms with Crippen LogP contribution in [-0.2, 0) is 4.79 Å². The zero-order valence-electron chi connectivity index (χ0n) is 15.2. The average Bonchev–Trinajstić information content (AvgIpc) is 2.68. The van der Waals surface area contributed by atoms with Crippen molar-refractivity contribution >= 4 is 34.0 Å². The number of carbonyl (C=O) groups excluding carboxylic acids is 2. The zero-order chi connectivity index (χ0) is 19.8. The number of methoxy groups -OCH3 is 2. The summed E-state index contributed by atoms with van der Waals surface area (Å²) in [7, 11) is 3.10. The number of hydrogen-bond acceptors (Lipinski definition) is 5. The standard InChI is InChI=1S/C19H20BrN3O4/c1-12(22-19(25)13-4-7-16(26-2)8-5-13)18(24)23-21-11-14-10-15(20)6-9-17(14)27-3/h4-12H,1-3H3,(H,22,25)(H,23,24). The van der Waals surface area contributed by atoms with Crippen LogP contribution in [0.3, 0.4) is 0 Å². The van der Waals surface area contributed by atoms with Crippen molar-refractivity contribution in [3.8, 4) is 11.5 Å². The molecule has 0 saturated heterocycles. The summed E-state index contributed by atoms with van der Waals surface area (Å²) >= 11 is 3.37. The molecule has 0 aliphatic carbocycles. The average molecular weight is 434 g/mol. The number of halogens is 1. The smallest absolute Gasteiger partial charge is 0.262 e. The second-order valence-electron chi connectivity index (χ2n) is 5.54. The van der Waals surface area contributed by atoms with E-state index in [-0.39, 0.29) is 5.91 Å². The Balaban J connectivity index is 1.93. The molecular formula is C19H20BrN3O4. The van der Waals surface area contributed by atoms with Crippen molar-refractivity contribution in [1.29, 1.82) is 0 Å². The molecule has 2 rings (SSSR count). The fraction of sp³-hybridized carbons (Fsp3) is 0.211. The molecule has 2 N–H and O–H groups in total. The summed E-state index contributed by atoms with van der Waals surface area (Å²) in [5.74, 6) is 0.465. The van der Waals surface area contributed by atoms with Gasteiger partial charge in [-0.15, -0.1) is 0 Å². The molecule has 0 fully saturated rings. The Labute approximate surface area is 165 Å². The van der Waals surface area contributed by atoms with Gasteiger partial charge in [-0.3, -0.25) is 9.59 Å². The van der Waals surface area contributed by atoms with Crippen LogP contribution in [0.25, 0.3) is 0 Å².